The summed E-state index contributed by atoms with van der Waals surface area (Å²) < 4.78 is 27.2. The number of hydrogen-bond acceptors (Lipinski definition) is 6. The van der Waals surface area contributed by atoms with Crippen LogP contribution < -0.4 is 11.3 Å². The molecule has 28 heavy (non-hydrogen) atoms. The molecule has 4 aromatic rings. The molecule has 2 aromatic carbocycles. The van der Waals surface area contributed by atoms with Crippen LogP contribution in [0.5, 0.6) is 0 Å². The fourth-order valence-corrected chi connectivity index (χ4v) is 5.70. The van der Waals surface area contributed by atoms with Crippen LogP contribution in [0.1, 0.15) is 10.4 Å². The molecule has 0 atom stereocenters. The van der Waals surface area contributed by atoms with Crippen molar-refractivity contribution in [3.8, 4) is 0 Å². The van der Waals surface area contributed by atoms with Gasteiger partial charge in [-0.1, -0.05) is 12.1 Å². The maximum absolute atomic E-state index is 12.8. The maximum atomic E-state index is 12.8. The van der Waals surface area contributed by atoms with Crippen LogP contribution in [0.2, 0.25) is 0 Å². The normalized spacial score (nSPS) is 11.8. The number of sulfone groups is 1. The first kappa shape index (κ1) is 18.4. The van der Waals surface area contributed by atoms with Gasteiger partial charge in [0.2, 0.25) is 9.84 Å². The Balaban J connectivity index is 1.75. The number of rotatable bonds is 4. The van der Waals surface area contributed by atoms with E-state index in [0.717, 1.165) is 10.4 Å². The number of thiophene rings is 1. The van der Waals surface area contributed by atoms with Gasteiger partial charge in [0.1, 0.15) is 4.21 Å². The zero-order valence-electron chi connectivity index (χ0n) is 15.0. The first-order chi connectivity index (χ1) is 13.3. The standard InChI is InChI=1S/C20H17N3O3S2/c1-13-5-8-19(27-13)28(25,26)17-6-7-18-15(10-17)11-22-23(20(18)24)12-14-3-2-4-16(21)9-14/h2-11H,12,21H2,1H3. The summed E-state index contributed by atoms with van der Waals surface area (Å²) in [5.74, 6) is 0. The van der Waals surface area contributed by atoms with Gasteiger partial charge in [-0.25, -0.2) is 13.1 Å². The molecule has 8 heteroatoms. The summed E-state index contributed by atoms with van der Waals surface area (Å²) in [4.78, 5) is 13.8. The number of aromatic nitrogens is 2. The first-order valence-corrected chi connectivity index (χ1v) is 10.8. The van der Waals surface area contributed by atoms with Crippen molar-refractivity contribution in [2.45, 2.75) is 22.6 Å². The van der Waals surface area contributed by atoms with E-state index in [1.54, 1.807) is 30.3 Å². The number of hydrogen-bond donors (Lipinski definition) is 1. The SMILES string of the molecule is Cc1ccc(S(=O)(=O)c2ccc3c(=O)n(Cc4cccc(N)c4)ncc3c2)s1. The summed E-state index contributed by atoms with van der Waals surface area (Å²) in [6, 6.07) is 15.1. The number of benzene rings is 2. The first-order valence-electron chi connectivity index (χ1n) is 8.50. The van der Waals surface area contributed by atoms with Crippen molar-refractivity contribution in [2.75, 3.05) is 5.73 Å². The van der Waals surface area contributed by atoms with E-state index in [-0.39, 0.29) is 21.2 Å². The monoisotopic (exact) mass is 411 g/mol. The lowest BCUT2D eigenvalue weighted by Crippen LogP contribution is -2.23. The fourth-order valence-electron chi connectivity index (χ4n) is 2.98. The molecule has 0 radical (unpaired) electrons. The van der Waals surface area contributed by atoms with Crippen molar-refractivity contribution in [2.24, 2.45) is 0 Å². The van der Waals surface area contributed by atoms with Crippen LogP contribution in [-0.4, -0.2) is 18.2 Å². The van der Waals surface area contributed by atoms with Crippen molar-refractivity contribution in [1.82, 2.24) is 9.78 Å². The van der Waals surface area contributed by atoms with Crippen LogP contribution in [0, 0.1) is 6.92 Å². The van der Waals surface area contributed by atoms with Crippen molar-refractivity contribution >= 4 is 37.6 Å². The Kier molecular flexibility index (Phi) is 4.52. The quantitative estimate of drug-likeness (QED) is 0.520. The Morgan fingerprint density at radius 3 is 2.64 bits per heavy atom. The number of nitrogens with two attached hydrogens (primary N) is 1. The Hall–Kier alpha value is -2.97. The zero-order chi connectivity index (χ0) is 19.9. The molecule has 2 heterocycles. The highest BCUT2D eigenvalue weighted by Crippen LogP contribution is 2.28. The van der Waals surface area contributed by atoms with Crippen molar-refractivity contribution < 1.29 is 8.42 Å². The van der Waals surface area contributed by atoms with Gasteiger partial charge in [0.25, 0.3) is 5.56 Å². The van der Waals surface area contributed by atoms with E-state index in [9.17, 15) is 13.2 Å². The van der Waals surface area contributed by atoms with E-state index in [2.05, 4.69) is 5.10 Å². The lowest BCUT2D eigenvalue weighted by Gasteiger charge is -2.08. The molecule has 0 saturated heterocycles. The highest BCUT2D eigenvalue weighted by atomic mass is 32.2. The minimum absolute atomic E-state index is 0.150. The van der Waals surface area contributed by atoms with Gasteiger partial charge in [0.05, 0.1) is 23.0 Å². The van der Waals surface area contributed by atoms with Crippen LogP contribution in [-0.2, 0) is 16.4 Å². The molecule has 4 rings (SSSR count). The van der Waals surface area contributed by atoms with Gasteiger partial charge in [-0.15, -0.1) is 11.3 Å². The van der Waals surface area contributed by atoms with Gasteiger partial charge < -0.3 is 5.73 Å². The number of nitrogens with zero attached hydrogens (tertiary/aromatic N) is 2. The molecule has 0 unspecified atom stereocenters. The van der Waals surface area contributed by atoms with Crippen LogP contribution in [0.15, 0.2) is 74.7 Å². The Morgan fingerprint density at radius 1 is 1.11 bits per heavy atom. The molecule has 2 aromatic heterocycles. The third-order valence-electron chi connectivity index (χ3n) is 4.40. The smallest absolute Gasteiger partial charge is 0.274 e. The Bertz CT molecular complexity index is 1350. The molecule has 6 nitrogen and oxygen atoms in total. The molecular formula is C20H17N3O3S2. The fraction of sp³-hybridized carbons (Fsp3) is 0.100. The van der Waals surface area contributed by atoms with E-state index in [4.69, 9.17) is 5.73 Å². The minimum atomic E-state index is -3.62. The number of aryl methyl sites for hydroxylation is 1. The number of fused-ring (bicyclic) bond motifs is 1. The summed E-state index contributed by atoms with van der Waals surface area (Å²) in [7, 11) is -3.62. The van der Waals surface area contributed by atoms with Gasteiger partial charge >= 0.3 is 0 Å². The van der Waals surface area contributed by atoms with Crippen LogP contribution in [0.4, 0.5) is 5.69 Å². The molecule has 0 spiro atoms. The second-order valence-electron chi connectivity index (χ2n) is 6.47. The third kappa shape index (κ3) is 3.32. The number of nitrogen functional groups attached to an aromatic ring is 1. The largest absolute Gasteiger partial charge is 0.399 e. The predicted octanol–water partition coefficient (Wildman–Crippen LogP) is 3.23. The molecule has 0 saturated carbocycles. The average Bonchev–Trinajstić information content (AvgIpc) is 3.11. The van der Waals surface area contributed by atoms with Gasteiger partial charge in [-0.3, -0.25) is 4.79 Å². The van der Waals surface area contributed by atoms with Crippen LogP contribution in [0.3, 0.4) is 0 Å². The van der Waals surface area contributed by atoms with Crippen molar-refractivity contribution in [3.63, 3.8) is 0 Å². The second-order valence-corrected chi connectivity index (χ2v) is 9.93. The molecule has 0 aliphatic carbocycles. The Labute approximate surface area is 165 Å². The molecule has 0 fully saturated rings. The van der Waals surface area contributed by atoms with Crippen LogP contribution in [0.25, 0.3) is 10.8 Å². The molecule has 142 valence electrons. The second kappa shape index (κ2) is 6.88. The van der Waals surface area contributed by atoms with Gasteiger partial charge in [-0.05, 0) is 55.0 Å². The number of anilines is 1. The van der Waals surface area contributed by atoms with Gasteiger partial charge in [0, 0.05) is 16.0 Å². The molecule has 0 bridgehead atoms. The zero-order valence-corrected chi connectivity index (χ0v) is 16.6. The van der Waals surface area contributed by atoms with Crippen molar-refractivity contribution in [1.29, 1.82) is 0 Å². The third-order valence-corrected chi connectivity index (χ3v) is 7.64. The molecule has 0 amide bonds. The average molecular weight is 412 g/mol. The highest BCUT2D eigenvalue weighted by molar-refractivity contribution is 7.93. The van der Waals surface area contributed by atoms with E-state index >= 15 is 0 Å². The molecule has 2 N–H and O–H groups in total. The van der Waals surface area contributed by atoms with E-state index in [1.165, 1.54) is 34.3 Å². The van der Waals surface area contributed by atoms with Crippen LogP contribution >= 0.6 is 11.3 Å². The summed E-state index contributed by atoms with van der Waals surface area (Å²) >= 11 is 1.22. The summed E-state index contributed by atoms with van der Waals surface area (Å²) in [5.41, 5.74) is 6.98. The van der Waals surface area contributed by atoms with E-state index in [1.807, 2.05) is 19.1 Å². The Morgan fingerprint density at radius 2 is 1.93 bits per heavy atom. The van der Waals surface area contributed by atoms with Gasteiger partial charge in [-0.2, -0.15) is 5.10 Å². The lowest BCUT2D eigenvalue weighted by molar-refractivity contribution is 0.598. The summed E-state index contributed by atoms with van der Waals surface area (Å²) in [6.07, 6.45) is 1.52. The van der Waals surface area contributed by atoms with Gasteiger partial charge in [0.15, 0.2) is 0 Å². The van der Waals surface area contributed by atoms with Crippen molar-refractivity contribution in [3.05, 3.63) is 81.6 Å². The predicted molar refractivity (Wildman–Crippen MR) is 110 cm³/mol. The van der Waals surface area contributed by atoms with E-state index in [0.29, 0.717) is 16.5 Å². The molecule has 0 aliphatic rings. The summed E-state index contributed by atoms with van der Waals surface area (Å²) in [6.45, 7) is 2.14. The highest BCUT2D eigenvalue weighted by Gasteiger charge is 2.20. The lowest BCUT2D eigenvalue weighted by atomic mass is 10.2. The summed E-state index contributed by atoms with van der Waals surface area (Å²) in [5, 5.41) is 5.11. The topological polar surface area (TPSA) is 95.0 Å². The molecular weight excluding hydrogens is 394 g/mol. The molecule has 0 aliphatic heterocycles. The minimum Gasteiger partial charge on any atom is -0.399 e. The maximum Gasteiger partial charge on any atom is 0.274 e. The van der Waals surface area contributed by atoms with E-state index < -0.39 is 9.84 Å².